The van der Waals surface area contributed by atoms with Gasteiger partial charge in [-0.15, -0.1) is 5.10 Å². The van der Waals surface area contributed by atoms with Gasteiger partial charge in [-0.1, -0.05) is 0 Å². The van der Waals surface area contributed by atoms with E-state index in [0.29, 0.717) is 12.0 Å². The lowest BCUT2D eigenvalue weighted by Gasteiger charge is -2.32. The summed E-state index contributed by atoms with van der Waals surface area (Å²) >= 11 is 3.33. The number of anilines is 2. The highest BCUT2D eigenvalue weighted by atomic mass is 79.9. The van der Waals surface area contributed by atoms with Crippen LogP contribution in [0.15, 0.2) is 35.2 Å². The number of nitrogens with one attached hydrogen (secondary N) is 1. The second kappa shape index (κ2) is 6.13. The van der Waals surface area contributed by atoms with E-state index in [-0.39, 0.29) is 0 Å². The fourth-order valence-electron chi connectivity index (χ4n) is 2.28. The summed E-state index contributed by atoms with van der Waals surface area (Å²) in [6.07, 6.45) is 7.28. The average Bonchev–Trinajstić information content (AvgIpc) is 2.51. The normalized spacial score (nSPS) is 16.1. The summed E-state index contributed by atoms with van der Waals surface area (Å²) in [6.45, 7) is 1.93. The summed E-state index contributed by atoms with van der Waals surface area (Å²) in [5.74, 6) is 1.64. The maximum absolute atomic E-state index is 4.24. The van der Waals surface area contributed by atoms with Crippen molar-refractivity contribution in [1.82, 2.24) is 20.2 Å². The molecule has 0 spiro atoms. The molecule has 1 aliphatic heterocycles. The van der Waals surface area contributed by atoms with Gasteiger partial charge in [-0.25, -0.2) is 9.97 Å². The largest absolute Gasteiger partial charge is 0.355 e. The Bertz CT molecular complexity index is 539. The Morgan fingerprint density at radius 1 is 1.20 bits per heavy atom. The first kappa shape index (κ1) is 13.2. The number of nitrogens with zero attached hydrogens (tertiary/aromatic N) is 5. The number of hydrogen-bond acceptors (Lipinski definition) is 6. The third-order valence-corrected chi connectivity index (χ3v) is 3.74. The molecule has 0 radical (unpaired) electrons. The highest BCUT2D eigenvalue weighted by Gasteiger charge is 2.20. The Labute approximate surface area is 125 Å². The first-order valence-electron chi connectivity index (χ1n) is 6.58. The molecule has 1 N–H and O–H groups in total. The fraction of sp³-hybridized carbons (Fsp3) is 0.385. The Kier molecular flexibility index (Phi) is 4.05. The molecule has 2 aromatic rings. The Morgan fingerprint density at radius 3 is 2.60 bits per heavy atom. The first-order chi connectivity index (χ1) is 9.81. The molecule has 20 heavy (non-hydrogen) atoms. The van der Waals surface area contributed by atoms with E-state index in [2.05, 4.69) is 46.3 Å². The van der Waals surface area contributed by atoms with E-state index in [1.54, 1.807) is 18.6 Å². The molecule has 104 valence electrons. The summed E-state index contributed by atoms with van der Waals surface area (Å²) in [4.78, 5) is 10.7. The van der Waals surface area contributed by atoms with Crippen LogP contribution in [-0.4, -0.2) is 39.3 Å². The maximum Gasteiger partial charge on any atom is 0.222 e. The quantitative estimate of drug-likeness (QED) is 0.927. The van der Waals surface area contributed by atoms with Crippen LogP contribution in [0.3, 0.4) is 0 Å². The van der Waals surface area contributed by atoms with E-state index in [0.717, 1.165) is 36.2 Å². The summed E-state index contributed by atoms with van der Waals surface area (Å²) in [6, 6.07) is 4.32. The lowest BCUT2D eigenvalue weighted by atomic mass is 10.1. The van der Waals surface area contributed by atoms with E-state index in [1.165, 1.54) is 0 Å². The van der Waals surface area contributed by atoms with Crippen LogP contribution in [0.2, 0.25) is 0 Å². The van der Waals surface area contributed by atoms with E-state index in [9.17, 15) is 0 Å². The molecule has 0 saturated carbocycles. The van der Waals surface area contributed by atoms with Crippen LogP contribution in [0, 0.1) is 0 Å². The van der Waals surface area contributed by atoms with Crippen LogP contribution in [0.5, 0.6) is 0 Å². The number of hydrogen-bond donors (Lipinski definition) is 1. The third kappa shape index (κ3) is 3.22. The van der Waals surface area contributed by atoms with Gasteiger partial charge in [0.1, 0.15) is 0 Å². The lowest BCUT2D eigenvalue weighted by molar-refractivity contribution is 0.519. The van der Waals surface area contributed by atoms with Gasteiger partial charge in [-0.2, -0.15) is 5.10 Å². The molecule has 0 aliphatic carbocycles. The predicted molar refractivity (Wildman–Crippen MR) is 80.6 cm³/mol. The molecular formula is C13H15BrN6. The van der Waals surface area contributed by atoms with Crippen molar-refractivity contribution in [2.75, 3.05) is 23.3 Å². The van der Waals surface area contributed by atoms with Gasteiger partial charge in [-0.3, -0.25) is 0 Å². The van der Waals surface area contributed by atoms with Crippen LogP contribution in [0.4, 0.5) is 11.8 Å². The molecule has 0 aromatic carbocycles. The van der Waals surface area contributed by atoms with E-state index >= 15 is 0 Å². The van der Waals surface area contributed by atoms with Crippen molar-refractivity contribution in [1.29, 1.82) is 0 Å². The molecule has 0 amide bonds. The molecule has 2 aromatic heterocycles. The zero-order valence-corrected chi connectivity index (χ0v) is 12.5. The lowest BCUT2D eigenvalue weighted by Crippen LogP contribution is -2.39. The molecule has 6 nitrogen and oxygen atoms in total. The molecular weight excluding hydrogens is 320 g/mol. The fourth-order valence-corrected chi connectivity index (χ4v) is 2.49. The van der Waals surface area contributed by atoms with Gasteiger partial charge in [0.25, 0.3) is 0 Å². The maximum atomic E-state index is 4.24. The second-order valence-corrected chi connectivity index (χ2v) is 5.63. The van der Waals surface area contributed by atoms with Gasteiger partial charge >= 0.3 is 0 Å². The number of halogens is 1. The van der Waals surface area contributed by atoms with Gasteiger partial charge in [-0.05, 0) is 40.9 Å². The summed E-state index contributed by atoms with van der Waals surface area (Å²) < 4.78 is 0.889. The molecule has 1 saturated heterocycles. The van der Waals surface area contributed by atoms with Crippen LogP contribution in [0.25, 0.3) is 0 Å². The van der Waals surface area contributed by atoms with Gasteiger partial charge in [0.05, 0.1) is 4.47 Å². The smallest absolute Gasteiger partial charge is 0.222 e. The SMILES string of the molecule is Brc1cnc(NC2CCN(c3cccnn3)CC2)nc1. The van der Waals surface area contributed by atoms with Crippen molar-refractivity contribution in [2.45, 2.75) is 18.9 Å². The number of piperidine rings is 1. The van der Waals surface area contributed by atoms with Crippen molar-refractivity contribution in [3.8, 4) is 0 Å². The van der Waals surface area contributed by atoms with Crippen LogP contribution < -0.4 is 10.2 Å². The minimum Gasteiger partial charge on any atom is -0.355 e. The minimum atomic E-state index is 0.407. The Morgan fingerprint density at radius 2 is 1.95 bits per heavy atom. The molecule has 1 aliphatic rings. The van der Waals surface area contributed by atoms with Crippen molar-refractivity contribution in [3.05, 3.63) is 35.2 Å². The first-order valence-corrected chi connectivity index (χ1v) is 7.37. The monoisotopic (exact) mass is 334 g/mol. The van der Waals surface area contributed by atoms with Gasteiger partial charge in [0.15, 0.2) is 5.82 Å². The minimum absolute atomic E-state index is 0.407. The molecule has 7 heteroatoms. The van der Waals surface area contributed by atoms with Crippen molar-refractivity contribution in [2.24, 2.45) is 0 Å². The van der Waals surface area contributed by atoms with Gasteiger partial charge < -0.3 is 10.2 Å². The summed E-state index contributed by atoms with van der Waals surface area (Å²) in [7, 11) is 0. The molecule has 0 bridgehead atoms. The van der Waals surface area contributed by atoms with E-state index in [4.69, 9.17) is 0 Å². The Hall–Kier alpha value is -1.76. The zero-order chi connectivity index (χ0) is 13.8. The number of rotatable bonds is 3. The van der Waals surface area contributed by atoms with Crippen molar-refractivity contribution in [3.63, 3.8) is 0 Å². The van der Waals surface area contributed by atoms with Gasteiger partial charge in [0, 0.05) is 37.7 Å². The van der Waals surface area contributed by atoms with Crippen molar-refractivity contribution >= 4 is 27.7 Å². The molecule has 3 heterocycles. The van der Waals surface area contributed by atoms with Gasteiger partial charge in [0.2, 0.25) is 5.95 Å². The standard InChI is InChI=1S/C13H15BrN6/c14-10-8-15-13(16-9-10)18-11-3-6-20(7-4-11)12-2-1-5-17-19-12/h1-2,5,8-9,11H,3-4,6-7H2,(H,15,16,18). The van der Waals surface area contributed by atoms with Crippen LogP contribution >= 0.6 is 15.9 Å². The average molecular weight is 335 g/mol. The number of aromatic nitrogens is 4. The molecule has 1 fully saturated rings. The van der Waals surface area contributed by atoms with Crippen LogP contribution in [0.1, 0.15) is 12.8 Å². The summed E-state index contributed by atoms with van der Waals surface area (Å²) in [5, 5.41) is 11.4. The molecule has 0 atom stereocenters. The molecule has 0 unspecified atom stereocenters. The summed E-state index contributed by atoms with van der Waals surface area (Å²) in [5.41, 5.74) is 0. The topological polar surface area (TPSA) is 66.8 Å². The Balaban J connectivity index is 1.55. The van der Waals surface area contributed by atoms with Crippen LogP contribution in [-0.2, 0) is 0 Å². The molecule has 3 rings (SSSR count). The second-order valence-electron chi connectivity index (χ2n) is 4.71. The van der Waals surface area contributed by atoms with E-state index in [1.807, 2.05) is 12.1 Å². The predicted octanol–water partition coefficient (Wildman–Crippen LogP) is 2.11. The highest BCUT2D eigenvalue weighted by molar-refractivity contribution is 9.10. The third-order valence-electron chi connectivity index (χ3n) is 3.33. The van der Waals surface area contributed by atoms with E-state index < -0.39 is 0 Å². The highest BCUT2D eigenvalue weighted by Crippen LogP contribution is 2.19. The zero-order valence-electron chi connectivity index (χ0n) is 10.9. The van der Waals surface area contributed by atoms with Crippen molar-refractivity contribution < 1.29 is 0 Å².